The third-order valence-corrected chi connectivity index (χ3v) is 3.53. The molecule has 0 saturated carbocycles. The van der Waals surface area contributed by atoms with Crippen LogP contribution < -0.4 is 16.4 Å². The topological polar surface area (TPSA) is 85.5 Å². The van der Waals surface area contributed by atoms with E-state index in [1.807, 2.05) is 0 Å². The van der Waals surface area contributed by atoms with Gasteiger partial charge in [0, 0.05) is 50.8 Å². The second-order valence-electron chi connectivity index (χ2n) is 4.97. The number of amides is 1. The molecule has 2 N–H and O–H groups in total. The van der Waals surface area contributed by atoms with E-state index >= 15 is 0 Å². The Kier molecular flexibility index (Phi) is 6.64. The fourth-order valence-corrected chi connectivity index (χ4v) is 2.31. The largest absolute Gasteiger partial charge is 0.419 e. The van der Waals surface area contributed by atoms with Gasteiger partial charge in [0.05, 0.1) is 12.1 Å². The molecule has 1 heterocycles. The summed E-state index contributed by atoms with van der Waals surface area (Å²) in [4.78, 5) is 23.6. The maximum absolute atomic E-state index is 11.8. The minimum atomic E-state index is -0.490. The lowest BCUT2D eigenvalue weighted by molar-refractivity contribution is -0.121. The van der Waals surface area contributed by atoms with E-state index < -0.39 is 5.76 Å². The van der Waals surface area contributed by atoms with E-state index in [-0.39, 0.29) is 18.9 Å². The predicted molar refractivity (Wildman–Crippen MR) is 87.9 cm³/mol. The van der Waals surface area contributed by atoms with Crippen LogP contribution in [0.25, 0.3) is 11.1 Å². The smallest absolute Gasteiger partial charge is 0.408 e. The Labute approximate surface area is 138 Å². The standard InChI is InChI=1S/C15H20ClN3O4/c1-22-9-7-17-5-6-18-14(20)4-8-19-12-3-2-11(16)10-13(12)23-15(19)21/h2-3,10,17H,4-9H2,1H3,(H,18,20). The van der Waals surface area contributed by atoms with Crippen LogP contribution >= 0.6 is 11.6 Å². The highest BCUT2D eigenvalue weighted by Crippen LogP contribution is 2.18. The van der Waals surface area contributed by atoms with Crippen LogP contribution in [0.3, 0.4) is 0 Å². The summed E-state index contributed by atoms with van der Waals surface area (Å²) in [5, 5.41) is 6.41. The molecule has 0 spiro atoms. The van der Waals surface area contributed by atoms with Gasteiger partial charge in [-0.3, -0.25) is 9.36 Å². The highest BCUT2D eigenvalue weighted by atomic mass is 35.5. The lowest BCUT2D eigenvalue weighted by Gasteiger charge is -2.07. The third-order valence-electron chi connectivity index (χ3n) is 3.30. The molecule has 1 aromatic carbocycles. The first-order valence-corrected chi connectivity index (χ1v) is 7.75. The molecule has 0 unspecified atom stereocenters. The van der Waals surface area contributed by atoms with Gasteiger partial charge in [0.25, 0.3) is 0 Å². The average Bonchev–Trinajstić information content (AvgIpc) is 2.83. The van der Waals surface area contributed by atoms with Gasteiger partial charge in [0.15, 0.2) is 5.58 Å². The number of oxazole rings is 1. The number of nitrogens with one attached hydrogen (secondary N) is 2. The van der Waals surface area contributed by atoms with Gasteiger partial charge in [0.1, 0.15) is 0 Å². The molecule has 0 saturated heterocycles. The summed E-state index contributed by atoms with van der Waals surface area (Å²) in [6.45, 7) is 2.83. The summed E-state index contributed by atoms with van der Waals surface area (Å²) in [6, 6.07) is 4.97. The summed E-state index contributed by atoms with van der Waals surface area (Å²) in [5.74, 6) is -0.606. The van der Waals surface area contributed by atoms with Crippen molar-refractivity contribution >= 4 is 28.6 Å². The van der Waals surface area contributed by atoms with Gasteiger partial charge in [-0.25, -0.2) is 4.79 Å². The van der Waals surface area contributed by atoms with Crippen LogP contribution in [-0.4, -0.2) is 43.8 Å². The van der Waals surface area contributed by atoms with E-state index in [0.717, 1.165) is 6.54 Å². The van der Waals surface area contributed by atoms with Crippen molar-refractivity contribution in [1.29, 1.82) is 0 Å². The zero-order valence-electron chi connectivity index (χ0n) is 12.9. The van der Waals surface area contributed by atoms with Crippen molar-refractivity contribution in [1.82, 2.24) is 15.2 Å². The molecule has 126 valence electrons. The molecule has 2 aromatic rings. The van der Waals surface area contributed by atoms with E-state index in [0.29, 0.717) is 35.8 Å². The summed E-state index contributed by atoms with van der Waals surface area (Å²) >= 11 is 5.86. The number of hydrogen-bond acceptors (Lipinski definition) is 5. The molecule has 7 nitrogen and oxygen atoms in total. The molecule has 1 aromatic heterocycles. The number of methoxy groups -OCH3 is 1. The Bertz CT molecular complexity index is 710. The minimum Gasteiger partial charge on any atom is -0.408 e. The van der Waals surface area contributed by atoms with Crippen molar-refractivity contribution in [2.24, 2.45) is 0 Å². The van der Waals surface area contributed by atoms with Crippen LogP contribution in [0.5, 0.6) is 0 Å². The normalized spacial score (nSPS) is 11.0. The number of aryl methyl sites for hydroxylation is 1. The lowest BCUT2D eigenvalue weighted by atomic mass is 10.3. The van der Waals surface area contributed by atoms with Crippen LogP contribution in [0.15, 0.2) is 27.4 Å². The monoisotopic (exact) mass is 341 g/mol. The summed E-state index contributed by atoms with van der Waals surface area (Å²) in [6.07, 6.45) is 0.204. The van der Waals surface area contributed by atoms with Crippen molar-refractivity contribution in [3.63, 3.8) is 0 Å². The summed E-state index contributed by atoms with van der Waals surface area (Å²) < 4.78 is 11.5. The van der Waals surface area contributed by atoms with Crippen LogP contribution in [-0.2, 0) is 16.1 Å². The van der Waals surface area contributed by atoms with E-state index in [2.05, 4.69) is 10.6 Å². The molecule has 2 rings (SSSR count). The molecular formula is C15H20ClN3O4. The van der Waals surface area contributed by atoms with E-state index in [4.69, 9.17) is 20.8 Å². The highest BCUT2D eigenvalue weighted by molar-refractivity contribution is 6.31. The Morgan fingerprint density at radius 1 is 1.35 bits per heavy atom. The molecule has 0 aliphatic carbocycles. The molecule has 0 atom stereocenters. The number of fused-ring (bicyclic) bond motifs is 1. The molecule has 0 aliphatic rings. The molecular weight excluding hydrogens is 322 g/mol. The number of carbonyl (C=O) groups excluding carboxylic acids is 1. The fourth-order valence-electron chi connectivity index (χ4n) is 2.14. The first kappa shape index (κ1) is 17.5. The number of aromatic nitrogens is 1. The van der Waals surface area contributed by atoms with Crippen molar-refractivity contribution < 1.29 is 13.9 Å². The van der Waals surface area contributed by atoms with Gasteiger partial charge in [-0.05, 0) is 12.1 Å². The number of ether oxygens (including phenoxy) is 1. The van der Waals surface area contributed by atoms with E-state index in [1.165, 1.54) is 4.57 Å². The number of rotatable bonds is 9. The van der Waals surface area contributed by atoms with Gasteiger partial charge < -0.3 is 19.8 Å². The summed E-state index contributed by atoms with van der Waals surface area (Å²) in [5.41, 5.74) is 1.05. The van der Waals surface area contributed by atoms with Gasteiger partial charge in [0.2, 0.25) is 5.91 Å². The van der Waals surface area contributed by atoms with Gasteiger partial charge in [-0.2, -0.15) is 0 Å². The highest BCUT2D eigenvalue weighted by Gasteiger charge is 2.11. The Hall–Kier alpha value is -1.83. The Morgan fingerprint density at radius 2 is 2.17 bits per heavy atom. The minimum absolute atomic E-state index is 0.117. The molecule has 0 radical (unpaired) electrons. The Morgan fingerprint density at radius 3 is 2.96 bits per heavy atom. The SMILES string of the molecule is COCCNCCNC(=O)CCn1c(=O)oc2cc(Cl)ccc21. The second kappa shape index (κ2) is 8.71. The van der Waals surface area contributed by atoms with Crippen molar-refractivity contribution in [3.05, 3.63) is 33.8 Å². The molecule has 0 fully saturated rings. The predicted octanol–water partition coefficient (Wildman–Crippen LogP) is 0.990. The molecule has 8 heteroatoms. The quantitative estimate of drug-likeness (QED) is 0.664. The first-order chi connectivity index (χ1) is 11.1. The maximum atomic E-state index is 11.8. The van der Waals surface area contributed by atoms with Crippen molar-refractivity contribution in [2.75, 3.05) is 33.4 Å². The Balaban J connectivity index is 1.81. The van der Waals surface area contributed by atoms with Crippen molar-refractivity contribution in [3.8, 4) is 0 Å². The third kappa shape index (κ3) is 5.09. The number of halogens is 1. The lowest BCUT2D eigenvalue weighted by Crippen LogP contribution is -2.33. The molecule has 0 aliphatic heterocycles. The van der Waals surface area contributed by atoms with Crippen LogP contribution in [0.2, 0.25) is 5.02 Å². The maximum Gasteiger partial charge on any atom is 0.419 e. The van der Waals surface area contributed by atoms with Gasteiger partial charge in [-0.1, -0.05) is 11.6 Å². The van der Waals surface area contributed by atoms with Gasteiger partial charge >= 0.3 is 5.76 Å². The van der Waals surface area contributed by atoms with E-state index in [9.17, 15) is 9.59 Å². The fraction of sp³-hybridized carbons (Fsp3) is 0.467. The number of hydrogen-bond donors (Lipinski definition) is 2. The van der Waals surface area contributed by atoms with Crippen molar-refractivity contribution in [2.45, 2.75) is 13.0 Å². The van der Waals surface area contributed by atoms with E-state index in [1.54, 1.807) is 25.3 Å². The summed E-state index contributed by atoms with van der Waals surface area (Å²) in [7, 11) is 1.64. The average molecular weight is 342 g/mol. The molecule has 0 bridgehead atoms. The molecule has 1 amide bonds. The van der Waals surface area contributed by atoms with Crippen LogP contribution in [0.4, 0.5) is 0 Å². The zero-order valence-corrected chi connectivity index (χ0v) is 13.7. The zero-order chi connectivity index (χ0) is 16.7. The number of nitrogens with zero attached hydrogens (tertiary/aromatic N) is 1. The first-order valence-electron chi connectivity index (χ1n) is 7.37. The number of carbonyl (C=O) groups is 1. The second-order valence-corrected chi connectivity index (χ2v) is 5.41. The van der Waals surface area contributed by atoms with Crippen LogP contribution in [0.1, 0.15) is 6.42 Å². The number of benzene rings is 1. The van der Waals surface area contributed by atoms with Gasteiger partial charge in [-0.15, -0.1) is 0 Å². The molecule has 23 heavy (non-hydrogen) atoms. The van der Waals surface area contributed by atoms with Crippen LogP contribution in [0, 0.1) is 0 Å².